The van der Waals surface area contributed by atoms with Gasteiger partial charge in [0.15, 0.2) is 5.82 Å². The molecule has 0 spiro atoms. The molecule has 1 N–H and O–H groups in total. The van der Waals surface area contributed by atoms with Crippen LogP contribution in [0.15, 0.2) is 60.7 Å². The Labute approximate surface area is 163 Å². The second kappa shape index (κ2) is 6.87. The number of aliphatic hydroxyl groups excluding tert-OH is 1. The highest BCUT2D eigenvalue weighted by Crippen LogP contribution is 2.38. The largest absolute Gasteiger partial charge is 0.393 e. The first-order valence-corrected chi connectivity index (χ1v) is 9.76. The van der Waals surface area contributed by atoms with E-state index in [1.165, 1.54) is 0 Å². The van der Waals surface area contributed by atoms with Crippen LogP contribution in [0.2, 0.25) is 0 Å². The predicted molar refractivity (Wildman–Crippen MR) is 105 cm³/mol. The first-order valence-electron chi connectivity index (χ1n) is 9.76. The topological polar surface area (TPSA) is 71.2 Å². The Hall–Kier alpha value is -2.99. The van der Waals surface area contributed by atoms with Crippen molar-refractivity contribution in [2.45, 2.75) is 18.9 Å². The molecule has 3 aromatic rings. The van der Waals surface area contributed by atoms with Crippen LogP contribution in [-0.4, -0.2) is 49.9 Å². The normalized spacial score (nSPS) is 23.8. The Morgan fingerprint density at radius 1 is 0.964 bits per heavy atom. The highest BCUT2D eigenvalue weighted by Gasteiger charge is 2.44. The number of benzene rings is 2. The van der Waals surface area contributed by atoms with Gasteiger partial charge in [0.25, 0.3) is 5.91 Å². The number of likely N-dealkylation sites (tertiary alicyclic amines) is 1. The van der Waals surface area contributed by atoms with Crippen molar-refractivity contribution in [2.24, 2.45) is 11.8 Å². The monoisotopic (exact) mass is 374 g/mol. The summed E-state index contributed by atoms with van der Waals surface area (Å²) in [5.41, 5.74) is 1.77. The summed E-state index contributed by atoms with van der Waals surface area (Å²) in [6.45, 7) is 1.27. The van der Waals surface area contributed by atoms with Gasteiger partial charge in [-0.1, -0.05) is 48.5 Å². The second-order valence-corrected chi connectivity index (χ2v) is 7.65. The number of nitrogens with zero attached hydrogens (tertiary/aromatic N) is 4. The number of amides is 1. The van der Waals surface area contributed by atoms with Gasteiger partial charge in [-0.25, -0.2) is 9.67 Å². The fraction of sp³-hybridized carbons (Fsp3) is 0.318. The molecule has 1 saturated heterocycles. The summed E-state index contributed by atoms with van der Waals surface area (Å²) < 4.78 is 1.73. The van der Waals surface area contributed by atoms with Gasteiger partial charge >= 0.3 is 0 Å². The summed E-state index contributed by atoms with van der Waals surface area (Å²) in [6.07, 6.45) is 1.53. The lowest BCUT2D eigenvalue weighted by Crippen LogP contribution is -2.31. The number of aromatic nitrogens is 3. The van der Waals surface area contributed by atoms with Gasteiger partial charge in [0, 0.05) is 24.6 Å². The number of hydrogen-bond donors (Lipinski definition) is 1. The average molecular weight is 374 g/mol. The Bertz CT molecular complexity index is 929. The van der Waals surface area contributed by atoms with E-state index in [-0.39, 0.29) is 23.8 Å². The summed E-state index contributed by atoms with van der Waals surface area (Å²) in [6, 6.07) is 19.5. The van der Waals surface area contributed by atoms with Crippen molar-refractivity contribution in [3.63, 3.8) is 0 Å². The standard InChI is InChI=1S/C22H22N4O2/c27-19-12-11-16-13-25(14-18(16)19)22(28)20-23-21(15-7-3-1-4-8-15)26(24-20)17-9-5-2-6-10-17/h1-10,16,18-19,27H,11-14H2. The average Bonchev–Trinajstić information content (AvgIpc) is 3.45. The highest BCUT2D eigenvalue weighted by molar-refractivity contribution is 5.91. The molecule has 6 nitrogen and oxygen atoms in total. The second-order valence-electron chi connectivity index (χ2n) is 7.65. The molecular weight excluding hydrogens is 352 g/mol. The third kappa shape index (κ3) is 2.90. The van der Waals surface area contributed by atoms with Gasteiger partial charge in [0.2, 0.25) is 5.82 Å². The van der Waals surface area contributed by atoms with Crippen molar-refractivity contribution in [3.8, 4) is 17.1 Å². The minimum atomic E-state index is -0.294. The van der Waals surface area contributed by atoms with Gasteiger partial charge in [-0.15, -0.1) is 5.10 Å². The molecule has 3 unspecified atom stereocenters. The van der Waals surface area contributed by atoms with E-state index in [2.05, 4.69) is 10.1 Å². The van der Waals surface area contributed by atoms with Crippen LogP contribution in [0.4, 0.5) is 0 Å². The lowest BCUT2D eigenvalue weighted by molar-refractivity contribution is 0.0740. The van der Waals surface area contributed by atoms with E-state index in [4.69, 9.17) is 0 Å². The maximum absolute atomic E-state index is 13.1. The minimum absolute atomic E-state index is 0.159. The molecule has 1 aliphatic heterocycles. The van der Waals surface area contributed by atoms with Crippen molar-refractivity contribution < 1.29 is 9.90 Å². The van der Waals surface area contributed by atoms with Crippen LogP contribution in [-0.2, 0) is 0 Å². The molecule has 2 fully saturated rings. The van der Waals surface area contributed by atoms with Crippen LogP contribution in [0.3, 0.4) is 0 Å². The van der Waals surface area contributed by atoms with Crippen LogP contribution in [0.1, 0.15) is 23.5 Å². The molecule has 1 saturated carbocycles. The summed E-state index contributed by atoms with van der Waals surface area (Å²) in [5, 5.41) is 14.7. The smallest absolute Gasteiger partial charge is 0.293 e. The number of aliphatic hydroxyl groups is 1. The summed E-state index contributed by atoms with van der Waals surface area (Å²) in [5.74, 6) is 1.28. The molecular formula is C22H22N4O2. The zero-order valence-electron chi connectivity index (χ0n) is 15.5. The van der Waals surface area contributed by atoms with Crippen LogP contribution >= 0.6 is 0 Å². The first-order chi connectivity index (χ1) is 13.7. The minimum Gasteiger partial charge on any atom is -0.393 e. The van der Waals surface area contributed by atoms with Gasteiger partial charge in [-0.05, 0) is 30.9 Å². The van der Waals surface area contributed by atoms with E-state index in [0.29, 0.717) is 24.8 Å². The molecule has 2 heterocycles. The van der Waals surface area contributed by atoms with Gasteiger partial charge < -0.3 is 10.0 Å². The Balaban J connectivity index is 1.51. The van der Waals surface area contributed by atoms with E-state index in [9.17, 15) is 9.90 Å². The summed E-state index contributed by atoms with van der Waals surface area (Å²) in [4.78, 5) is 19.5. The van der Waals surface area contributed by atoms with Crippen LogP contribution in [0, 0.1) is 11.8 Å². The van der Waals surface area contributed by atoms with Crippen molar-refractivity contribution in [3.05, 3.63) is 66.5 Å². The van der Waals surface area contributed by atoms with Crippen LogP contribution in [0.5, 0.6) is 0 Å². The molecule has 28 heavy (non-hydrogen) atoms. The summed E-state index contributed by atoms with van der Waals surface area (Å²) >= 11 is 0. The Morgan fingerprint density at radius 3 is 2.39 bits per heavy atom. The fourth-order valence-corrected chi connectivity index (χ4v) is 4.47. The Kier molecular flexibility index (Phi) is 4.20. The fourth-order valence-electron chi connectivity index (χ4n) is 4.47. The van der Waals surface area contributed by atoms with Crippen molar-refractivity contribution in [2.75, 3.05) is 13.1 Å². The van der Waals surface area contributed by atoms with Crippen LogP contribution in [0.25, 0.3) is 17.1 Å². The number of para-hydroxylation sites is 1. The zero-order chi connectivity index (χ0) is 19.1. The zero-order valence-corrected chi connectivity index (χ0v) is 15.5. The first kappa shape index (κ1) is 17.1. The number of carbonyl (C=O) groups is 1. The van der Waals surface area contributed by atoms with E-state index in [0.717, 1.165) is 24.1 Å². The predicted octanol–water partition coefficient (Wildman–Crippen LogP) is 2.78. The third-order valence-electron chi connectivity index (χ3n) is 5.94. The Morgan fingerprint density at radius 2 is 1.68 bits per heavy atom. The number of carbonyl (C=O) groups excluding carboxylic acids is 1. The van der Waals surface area contributed by atoms with Crippen molar-refractivity contribution in [1.82, 2.24) is 19.7 Å². The molecule has 2 aliphatic rings. The third-order valence-corrected chi connectivity index (χ3v) is 5.94. The molecule has 0 bridgehead atoms. The molecule has 3 atom stereocenters. The number of hydrogen-bond acceptors (Lipinski definition) is 4. The quantitative estimate of drug-likeness (QED) is 0.765. The van der Waals surface area contributed by atoms with Gasteiger partial charge in [0.1, 0.15) is 0 Å². The maximum atomic E-state index is 13.1. The molecule has 1 aromatic heterocycles. The van der Waals surface area contributed by atoms with Gasteiger partial charge in [0.05, 0.1) is 11.8 Å². The van der Waals surface area contributed by atoms with E-state index in [1.54, 1.807) is 9.58 Å². The molecule has 1 amide bonds. The lowest BCUT2D eigenvalue weighted by Gasteiger charge is -2.16. The van der Waals surface area contributed by atoms with E-state index in [1.807, 2.05) is 60.7 Å². The lowest BCUT2D eigenvalue weighted by atomic mass is 10.00. The SMILES string of the molecule is O=C(c1nc(-c2ccccc2)n(-c2ccccc2)n1)N1CC2CCC(O)C2C1. The van der Waals surface area contributed by atoms with Crippen molar-refractivity contribution >= 4 is 5.91 Å². The molecule has 1 aliphatic carbocycles. The van der Waals surface area contributed by atoms with Gasteiger partial charge in [-0.2, -0.15) is 0 Å². The molecule has 2 aromatic carbocycles. The van der Waals surface area contributed by atoms with Crippen LogP contribution < -0.4 is 0 Å². The number of fused-ring (bicyclic) bond motifs is 1. The molecule has 0 radical (unpaired) electrons. The van der Waals surface area contributed by atoms with E-state index >= 15 is 0 Å². The molecule has 5 rings (SSSR count). The molecule has 6 heteroatoms. The van der Waals surface area contributed by atoms with Gasteiger partial charge in [-0.3, -0.25) is 4.79 Å². The highest BCUT2D eigenvalue weighted by atomic mass is 16.3. The van der Waals surface area contributed by atoms with E-state index < -0.39 is 0 Å². The molecule has 142 valence electrons. The number of rotatable bonds is 3. The summed E-state index contributed by atoms with van der Waals surface area (Å²) in [7, 11) is 0. The van der Waals surface area contributed by atoms with Crippen molar-refractivity contribution in [1.29, 1.82) is 0 Å². The maximum Gasteiger partial charge on any atom is 0.293 e.